The van der Waals surface area contributed by atoms with Crippen molar-refractivity contribution in [1.29, 1.82) is 0 Å². The molecule has 4 rings (SSSR count). The molecular weight excluding hydrogens is 302 g/mol. The smallest absolute Gasteiger partial charge is 0.336 e. The first kappa shape index (κ1) is 15.5. The molecule has 0 amide bonds. The summed E-state index contributed by atoms with van der Waals surface area (Å²) in [7, 11) is 0. The molecule has 2 aromatic rings. The lowest BCUT2D eigenvalue weighted by Crippen LogP contribution is -3.12. The molecular formula is C20H24NO3+. The maximum Gasteiger partial charge on any atom is 0.336 e. The molecule has 2 heterocycles. The van der Waals surface area contributed by atoms with Gasteiger partial charge in [-0.15, -0.1) is 0 Å². The minimum absolute atomic E-state index is 0.284. The SMILES string of the molecule is Cc1cc(=O)oc2c3c(ccc12)OC[NH+](CCC1=CCCCC1)C3. The van der Waals surface area contributed by atoms with Gasteiger partial charge in [-0.1, -0.05) is 11.6 Å². The van der Waals surface area contributed by atoms with Crippen molar-refractivity contribution in [2.45, 2.75) is 45.6 Å². The number of hydrogen-bond acceptors (Lipinski definition) is 3. The predicted octanol–water partition coefficient (Wildman–Crippen LogP) is 2.73. The minimum Gasteiger partial charge on any atom is -0.445 e. The fourth-order valence-electron chi connectivity index (χ4n) is 3.83. The van der Waals surface area contributed by atoms with E-state index in [-0.39, 0.29) is 5.63 Å². The summed E-state index contributed by atoms with van der Waals surface area (Å²) in [5, 5.41) is 1.01. The zero-order valence-corrected chi connectivity index (χ0v) is 14.2. The van der Waals surface area contributed by atoms with E-state index in [4.69, 9.17) is 9.15 Å². The average Bonchev–Trinajstić information content (AvgIpc) is 2.60. The number of hydrogen-bond donors (Lipinski definition) is 1. The molecule has 126 valence electrons. The Kier molecular flexibility index (Phi) is 4.15. The lowest BCUT2D eigenvalue weighted by molar-refractivity contribution is -0.932. The normalized spacial score (nSPS) is 20.4. The van der Waals surface area contributed by atoms with Gasteiger partial charge in [-0.25, -0.2) is 4.79 Å². The molecule has 1 aliphatic carbocycles. The highest BCUT2D eigenvalue weighted by molar-refractivity contribution is 5.84. The number of benzene rings is 1. The Morgan fingerprint density at radius 1 is 1.25 bits per heavy atom. The van der Waals surface area contributed by atoms with Gasteiger partial charge >= 0.3 is 5.63 Å². The number of allylic oxidation sites excluding steroid dienone is 1. The first-order valence-electron chi connectivity index (χ1n) is 8.91. The predicted molar refractivity (Wildman–Crippen MR) is 93.4 cm³/mol. The third-order valence-corrected chi connectivity index (χ3v) is 5.22. The number of fused-ring (bicyclic) bond motifs is 3. The molecule has 1 atom stereocenters. The van der Waals surface area contributed by atoms with Crippen LogP contribution in [-0.4, -0.2) is 13.3 Å². The second-order valence-corrected chi connectivity index (χ2v) is 6.99. The summed E-state index contributed by atoms with van der Waals surface area (Å²) in [5.74, 6) is 0.858. The van der Waals surface area contributed by atoms with Gasteiger partial charge in [0, 0.05) is 17.9 Å². The molecule has 1 aromatic carbocycles. The standard InChI is InChI=1S/C20H23NO3/c1-14-11-19(22)24-20-16(14)7-8-18-17(20)12-21(13-23-18)10-9-15-5-3-2-4-6-15/h5,7-8,11H,2-4,6,9-10,12-13H2,1H3/p+1. The van der Waals surface area contributed by atoms with Gasteiger partial charge in [0.2, 0.25) is 6.73 Å². The van der Waals surface area contributed by atoms with Gasteiger partial charge in [0.15, 0.2) is 5.58 Å². The Morgan fingerprint density at radius 3 is 3.00 bits per heavy atom. The molecule has 1 unspecified atom stereocenters. The van der Waals surface area contributed by atoms with Crippen LogP contribution in [0.3, 0.4) is 0 Å². The molecule has 2 aliphatic rings. The summed E-state index contributed by atoms with van der Waals surface area (Å²) in [6.45, 7) is 4.56. The van der Waals surface area contributed by atoms with E-state index in [1.165, 1.54) is 30.6 Å². The zero-order valence-electron chi connectivity index (χ0n) is 14.2. The van der Waals surface area contributed by atoms with Crippen LogP contribution >= 0.6 is 0 Å². The third kappa shape index (κ3) is 2.98. The number of quaternary nitrogens is 1. The van der Waals surface area contributed by atoms with E-state index in [1.807, 2.05) is 19.1 Å². The van der Waals surface area contributed by atoms with Crippen LogP contribution in [0, 0.1) is 6.92 Å². The highest BCUT2D eigenvalue weighted by Crippen LogP contribution is 2.29. The molecule has 1 aromatic heterocycles. The maximum absolute atomic E-state index is 11.8. The molecule has 0 fully saturated rings. The van der Waals surface area contributed by atoms with Crippen LogP contribution in [0.5, 0.6) is 5.75 Å². The molecule has 24 heavy (non-hydrogen) atoms. The van der Waals surface area contributed by atoms with Crippen molar-refractivity contribution < 1.29 is 14.1 Å². The quantitative estimate of drug-likeness (QED) is 0.697. The summed E-state index contributed by atoms with van der Waals surface area (Å²) in [5.41, 5.74) is 4.01. The lowest BCUT2D eigenvalue weighted by atomic mass is 9.97. The summed E-state index contributed by atoms with van der Waals surface area (Å²) < 4.78 is 11.5. The second-order valence-electron chi connectivity index (χ2n) is 6.99. The summed E-state index contributed by atoms with van der Waals surface area (Å²) in [6, 6.07) is 5.55. The van der Waals surface area contributed by atoms with Crippen LogP contribution in [0.15, 0.2) is 39.1 Å². The van der Waals surface area contributed by atoms with Gasteiger partial charge < -0.3 is 9.15 Å². The van der Waals surface area contributed by atoms with E-state index in [2.05, 4.69) is 6.08 Å². The molecule has 0 radical (unpaired) electrons. The van der Waals surface area contributed by atoms with E-state index in [9.17, 15) is 4.79 Å². The summed E-state index contributed by atoms with van der Waals surface area (Å²) >= 11 is 0. The van der Waals surface area contributed by atoms with Gasteiger partial charge in [0.1, 0.15) is 12.3 Å². The molecule has 0 spiro atoms. The maximum atomic E-state index is 11.8. The molecule has 0 bridgehead atoms. The highest BCUT2D eigenvalue weighted by atomic mass is 16.5. The van der Waals surface area contributed by atoms with Crippen LogP contribution in [0.4, 0.5) is 0 Å². The van der Waals surface area contributed by atoms with Crippen molar-refractivity contribution in [3.8, 4) is 5.75 Å². The van der Waals surface area contributed by atoms with Crippen molar-refractivity contribution in [3.63, 3.8) is 0 Å². The molecule has 0 saturated carbocycles. The summed E-state index contributed by atoms with van der Waals surface area (Å²) in [6.07, 6.45) is 8.71. The third-order valence-electron chi connectivity index (χ3n) is 5.22. The number of nitrogens with one attached hydrogen (secondary N) is 1. The molecule has 0 saturated heterocycles. The number of ether oxygens (including phenoxy) is 1. The van der Waals surface area contributed by atoms with Gasteiger partial charge in [0.25, 0.3) is 0 Å². The lowest BCUT2D eigenvalue weighted by Gasteiger charge is -2.27. The van der Waals surface area contributed by atoms with Crippen LogP contribution in [-0.2, 0) is 6.54 Å². The van der Waals surface area contributed by atoms with Crippen molar-refractivity contribution in [2.24, 2.45) is 0 Å². The van der Waals surface area contributed by atoms with E-state index < -0.39 is 0 Å². The molecule has 1 aliphatic heterocycles. The Bertz CT molecular complexity index is 850. The van der Waals surface area contributed by atoms with E-state index >= 15 is 0 Å². The fourth-order valence-corrected chi connectivity index (χ4v) is 3.83. The fraction of sp³-hybridized carbons (Fsp3) is 0.450. The highest BCUT2D eigenvalue weighted by Gasteiger charge is 2.24. The van der Waals surface area contributed by atoms with Gasteiger partial charge in [-0.2, -0.15) is 0 Å². The van der Waals surface area contributed by atoms with Crippen LogP contribution in [0.2, 0.25) is 0 Å². The van der Waals surface area contributed by atoms with Crippen molar-refractivity contribution >= 4 is 11.0 Å². The van der Waals surface area contributed by atoms with E-state index in [1.54, 1.807) is 11.6 Å². The Labute approximate surface area is 141 Å². The van der Waals surface area contributed by atoms with Crippen molar-refractivity contribution in [1.82, 2.24) is 0 Å². The largest absolute Gasteiger partial charge is 0.445 e. The first-order valence-corrected chi connectivity index (χ1v) is 8.91. The number of aryl methyl sites for hydroxylation is 1. The van der Waals surface area contributed by atoms with Gasteiger partial charge in [-0.05, 0) is 50.3 Å². The number of rotatable bonds is 3. The molecule has 4 nitrogen and oxygen atoms in total. The second kappa shape index (κ2) is 6.44. The Hall–Kier alpha value is -2.07. The Balaban J connectivity index is 1.58. The van der Waals surface area contributed by atoms with E-state index in [0.717, 1.165) is 41.8 Å². The van der Waals surface area contributed by atoms with Gasteiger partial charge in [0.05, 0.1) is 12.1 Å². The molecule has 4 heteroatoms. The first-order chi connectivity index (χ1) is 11.7. The Morgan fingerprint density at radius 2 is 2.17 bits per heavy atom. The average molecular weight is 326 g/mol. The van der Waals surface area contributed by atoms with Crippen LogP contribution in [0.1, 0.15) is 43.2 Å². The topological polar surface area (TPSA) is 43.9 Å². The monoisotopic (exact) mass is 326 g/mol. The van der Waals surface area contributed by atoms with Crippen LogP contribution < -0.4 is 15.3 Å². The molecule has 1 N–H and O–H groups in total. The zero-order chi connectivity index (χ0) is 16.5. The van der Waals surface area contributed by atoms with E-state index in [0.29, 0.717) is 12.3 Å². The van der Waals surface area contributed by atoms with Crippen LogP contribution in [0.25, 0.3) is 11.0 Å². The van der Waals surface area contributed by atoms with Crippen molar-refractivity contribution in [3.05, 3.63) is 51.4 Å². The van der Waals surface area contributed by atoms with Gasteiger partial charge in [-0.3, -0.25) is 4.90 Å². The summed E-state index contributed by atoms with van der Waals surface area (Å²) in [4.78, 5) is 13.2. The minimum atomic E-state index is -0.284. The van der Waals surface area contributed by atoms with Crippen molar-refractivity contribution in [2.75, 3.05) is 13.3 Å².